The van der Waals surface area contributed by atoms with Crippen molar-refractivity contribution in [2.24, 2.45) is 5.92 Å². The minimum atomic E-state index is 0.223. The standard InChI is InChI=1S/C21H29ClN4O2/c1-16(2)10-11-25-12-14-26(15-13-25)20(27)5-3-4-19-23-21(24-28-19)17-6-8-18(22)9-7-17/h6-9,16H,3-5,10-15H2,1-2H3. The summed E-state index contributed by atoms with van der Waals surface area (Å²) in [6, 6.07) is 7.32. The van der Waals surface area contributed by atoms with Gasteiger partial charge in [-0.05, 0) is 49.6 Å². The first-order valence-electron chi connectivity index (χ1n) is 10.1. The first-order valence-corrected chi connectivity index (χ1v) is 10.5. The minimum absolute atomic E-state index is 0.223. The number of aryl methyl sites for hydroxylation is 1. The van der Waals surface area contributed by atoms with Gasteiger partial charge in [0.05, 0.1) is 0 Å². The van der Waals surface area contributed by atoms with Crippen molar-refractivity contribution in [2.75, 3.05) is 32.7 Å². The molecule has 0 spiro atoms. The van der Waals surface area contributed by atoms with Crippen molar-refractivity contribution in [3.63, 3.8) is 0 Å². The van der Waals surface area contributed by atoms with Gasteiger partial charge in [-0.15, -0.1) is 0 Å². The van der Waals surface area contributed by atoms with Crippen LogP contribution in [0.15, 0.2) is 28.8 Å². The quantitative estimate of drug-likeness (QED) is 0.667. The fraction of sp³-hybridized carbons (Fsp3) is 0.571. The SMILES string of the molecule is CC(C)CCN1CCN(C(=O)CCCc2nc(-c3ccc(Cl)cc3)no2)CC1. The number of carbonyl (C=O) groups excluding carboxylic acids is 1. The summed E-state index contributed by atoms with van der Waals surface area (Å²) in [5.41, 5.74) is 0.866. The van der Waals surface area contributed by atoms with Crippen molar-refractivity contribution in [1.82, 2.24) is 19.9 Å². The third-order valence-electron chi connectivity index (χ3n) is 5.10. The predicted octanol–water partition coefficient (Wildman–Crippen LogP) is 3.90. The Hall–Kier alpha value is -1.92. The summed E-state index contributed by atoms with van der Waals surface area (Å²) in [5, 5.41) is 4.68. The van der Waals surface area contributed by atoms with E-state index in [9.17, 15) is 4.79 Å². The van der Waals surface area contributed by atoms with E-state index in [0.29, 0.717) is 36.0 Å². The highest BCUT2D eigenvalue weighted by Crippen LogP contribution is 2.19. The van der Waals surface area contributed by atoms with Crippen molar-refractivity contribution in [1.29, 1.82) is 0 Å². The van der Waals surface area contributed by atoms with Crippen molar-refractivity contribution in [3.8, 4) is 11.4 Å². The lowest BCUT2D eigenvalue weighted by atomic mass is 10.1. The Morgan fingerprint density at radius 1 is 1.18 bits per heavy atom. The van der Waals surface area contributed by atoms with Crippen molar-refractivity contribution < 1.29 is 9.32 Å². The van der Waals surface area contributed by atoms with Crippen LogP contribution in [0.2, 0.25) is 5.02 Å². The van der Waals surface area contributed by atoms with Crippen LogP contribution in [0.1, 0.15) is 39.0 Å². The molecule has 0 unspecified atom stereocenters. The Morgan fingerprint density at radius 2 is 1.89 bits per heavy atom. The highest BCUT2D eigenvalue weighted by atomic mass is 35.5. The summed E-state index contributed by atoms with van der Waals surface area (Å²) in [6.45, 7) is 9.26. The van der Waals surface area contributed by atoms with Crippen LogP contribution in [0.5, 0.6) is 0 Å². The molecule has 3 rings (SSSR count). The zero-order valence-corrected chi connectivity index (χ0v) is 17.5. The fourth-order valence-corrected chi connectivity index (χ4v) is 3.41. The molecule has 1 aromatic heterocycles. The molecule has 0 atom stereocenters. The fourth-order valence-electron chi connectivity index (χ4n) is 3.28. The summed E-state index contributed by atoms with van der Waals surface area (Å²) < 4.78 is 5.31. The van der Waals surface area contributed by atoms with E-state index in [1.807, 2.05) is 17.0 Å². The van der Waals surface area contributed by atoms with Gasteiger partial charge in [-0.3, -0.25) is 9.69 Å². The molecule has 1 aliphatic heterocycles. The molecule has 1 aromatic carbocycles. The molecule has 0 bridgehead atoms. The molecule has 6 nitrogen and oxygen atoms in total. The molecule has 7 heteroatoms. The predicted molar refractivity (Wildman–Crippen MR) is 110 cm³/mol. The minimum Gasteiger partial charge on any atom is -0.340 e. The van der Waals surface area contributed by atoms with E-state index in [1.165, 1.54) is 6.42 Å². The molecule has 0 N–H and O–H groups in total. The van der Waals surface area contributed by atoms with Gasteiger partial charge in [0, 0.05) is 49.6 Å². The molecule has 2 aromatic rings. The van der Waals surface area contributed by atoms with Gasteiger partial charge in [0.1, 0.15) is 0 Å². The van der Waals surface area contributed by atoms with Crippen molar-refractivity contribution in [2.45, 2.75) is 39.5 Å². The Balaban J connectivity index is 1.38. The van der Waals surface area contributed by atoms with Crippen LogP contribution >= 0.6 is 11.6 Å². The number of rotatable bonds is 8. The summed E-state index contributed by atoms with van der Waals surface area (Å²) in [4.78, 5) is 21.3. The molecule has 1 amide bonds. The van der Waals surface area contributed by atoms with Gasteiger partial charge in [0.25, 0.3) is 0 Å². The van der Waals surface area contributed by atoms with Gasteiger partial charge in [0.2, 0.25) is 17.6 Å². The summed E-state index contributed by atoms with van der Waals surface area (Å²) >= 11 is 5.90. The van der Waals surface area contributed by atoms with Crippen LogP contribution in [0.25, 0.3) is 11.4 Å². The van der Waals surface area contributed by atoms with Crippen molar-refractivity contribution >= 4 is 17.5 Å². The number of amides is 1. The molecule has 2 heterocycles. The lowest BCUT2D eigenvalue weighted by Gasteiger charge is -2.35. The topological polar surface area (TPSA) is 62.5 Å². The number of carbonyl (C=O) groups is 1. The number of aromatic nitrogens is 2. The second kappa shape index (κ2) is 10.0. The Morgan fingerprint density at radius 3 is 2.57 bits per heavy atom. The third-order valence-corrected chi connectivity index (χ3v) is 5.35. The van der Waals surface area contributed by atoms with E-state index >= 15 is 0 Å². The summed E-state index contributed by atoms with van der Waals surface area (Å²) in [5.74, 6) is 2.07. The van der Waals surface area contributed by atoms with Gasteiger partial charge in [0.15, 0.2) is 0 Å². The Labute approximate surface area is 171 Å². The van der Waals surface area contributed by atoms with E-state index in [1.54, 1.807) is 12.1 Å². The van der Waals surface area contributed by atoms with E-state index in [4.69, 9.17) is 16.1 Å². The third kappa shape index (κ3) is 6.04. The maximum Gasteiger partial charge on any atom is 0.226 e. The largest absolute Gasteiger partial charge is 0.340 e. The smallest absolute Gasteiger partial charge is 0.226 e. The average Bonchev–Trinajstić information content (AvgIpc) is 3.16. The molecule has 0 radical (unpaired) electrons. The number of benzene rings is 1. The molecular formula is C21H29ClN4O2. The van der Waals surface area contributed by atoms with E-state index in [2.05, 4.69) is 28.9 Å². The normalized spacial score (nSPS) is 15.4. The van der Waals surface area contributed by atoms with Crippen LogP contribution in [0.4, 0.5) is 0 Å². The highest BCUT2D eigenvalue weighted by molar-refractivity contribution is 6.30. The Bertz CT molecular complexity index is 752. The highest BCUT2D eigenvalue weighted by Gasteiger charge is 2.21. The van der Waals surface area contributed by atoms with Crippen LogP contribution < -0.4 is 0 Å². The molecule has 1 fully saturated rings. The number of hydrogen-bond acceptors (Lipinski definition) is 5. The van der Waals surface area contributed by atoms with E-state index in [-0.39, 0.29) is 5.91 Å². The molecule has 1 aliphatic rings. The van der Waals surface area contributed by atoms with Crippen molar-refractivity contribution in [3.05, 3.63) is 35.2 Å². The van der Waals surface area contributed by atoms with Crippen LogP contribution in [0, 0.1) is 5.92 Å². The lowest BCUT2D eigenvalue weighted by molar-refractivity contribution is -0.133. The number of hydrogen-bond donors (Lipinski definition) is 0. The second-order valence-electron chi connectivity index (χ2n) is 7.78. The zero-order chi connectivity index (χ0) is 19.9. The number of nitrogens with zero attached hydrogens (tertiary/aromatic N) is 4. The van der Waals surface area contributed by atoms with E-state index < -0.39 is 0 Å². The van der Waals surface area contributed by atoms with Crippen LogP contribution in [-0.2, 0) is 11.2 Å². The summed E-state index contributed by atoms with van der Waals surface area (Å²) in [6.07, 6.45) is 3.07. The first kappa shape index (κ1) is 20.8. The number of halogens is 1. The second-order valence-corrected chi connectivity index (χ2v) is 8.21. The van der Waals surface area contributed by atoms with Crippen LogP contribution in [-0.4, -0.2) is 58.6 Å². The van der Waals surface area contributed by atoms with Gasteiger partial charge in [-0.1, -0.05) is 30.6 Å². The van der Waals surface area contributed by atoms with Gasteiger partial charge in [-0.2, -0.15) is 4.98 Å². The molecule has 1 saturated heterocycles. The molecule has 0 saturated carbocycles. The molecule has 152 valence electrons. The summed E-state index contributed by atoms with van der Waals surface area (Å²) in [7, 11) is 0. The average molecular weight is 405 g/mol. The molecular weight excluding hydrogens is 376 g/mol. The monoisotopic (exact) mass is 404 g/mol. The molecule has 0 aliphatic carbocycles. The Kier molecular flexibility index (Phi) is 7.45. The van der Waals surface area contributed by atoms with Gasteiger partial charge >= 0.3 is 0 Å². The molecule has 28 heavy (non-hydrogen) atoms. The number of piperazine rings is 1. The maximum absolute atomic E-state index is 12.4. The lowest BCUT2D eigenvalue weighted by Crippen LogP contribution is -2.48. The maximum atomic E-state index is 12.4. The first-order chi connectivity index (χ1) is 13.5. The van der Waals surface area contributed by atoms with Crippen LogP contribution in [0.3, 0.4) is 0 Å². The van der Waals surface area contributed by atoms with Gasteiger partial charge < -0.3 is 9.42 Å². The zero-order valence-electron chi connectivity index (χ0n) is 16.7. The van der Waals surface area contributed by atoms with E-state index in [0.717, 1.165) is 44.2 Å². The van der Waals surface area contributed by atoms with Gasteiger partial charge in [-0.25, -0.2) is 0 Å².